The summed E-state index contributed by atoms with van der Waals surface area (Å²) < 4.78 is 13.1. The van der Waals surface area contributed by atoms with Crippen LogP contribution in [-0.4, -0.2) is 46.0 Å². The highest BCUT2D eigenvalue weighted by Gasteiger charge is 2.32. The first kappa shape index (κ1) is 14.1. The molecule has 19 heavy (non-hydrogen) atoms. The third-order valence-corrected chi connectivity index (χ3v) is 4.15. The van der Waals surface area contributed by atoms with E-state index < -0.39 is 23.7 Å². The fourth-order valence-corrected chi connectivity index (χ4v) is 3.07. The summed E-state index contributed by atoms with van der Waals surface area (Å²) in [7, 11) is 0. The predicted molar refractivity (Wildman–Crippen MR) is 71.2 cm³/mol. The lowest BCUT2D eigenvalue weighted by Crippen LogP contribution is -2.50. The lowest BCUT2D eigenvalue weighted by molar-refractivity contribution is -0.141. The number of hydrogen-bond donors (Lipinski definition) is 1. The number of amides is 1. The van der Waals surface area contributed by atoms with Crippen molar-refractivity contribution in [2.24, 2.45) is 0 Å². The second kappa shape index (κ2) is 5.79. The van der Waals surface area contributed by atoms with E-state index >= 15 is 0 Å². The molecule has 1 saturated heterocycles. The van der Waals surface area contributed by atoms with Gasteiger partial charge < -0.3 is 10.0 Å². The van der Waals surface area contributed by atoms with E-state index in [1.54, 1.807) is 0 Å². The molecule has 1 aliphatic rings. The highest BCUT2D eigenvalue weighted by atomic mass is 35.5. The van der Waals surface area contributed by atoms with Crippen molar-refractivity contribution in [3.8, 4) is 0 Å². The van der Waals surface area contributed by atoms with Gasteiger partial charge in [0.2, 0.25) is 0 Å². The zero-order valence-corrected chi connectivity index (χ0v) is 11.4. The molecule has 0 aromatic heterocycles. The van der Waals surface area contributed by atoms with Crippen molar-refractivity contribution in [2.75, 3.05) is 18.1 Å². The number of rotatable bonds is 2. The molecule has 1 amide bonds. The Morgan fingerprint density at radius 3 is 2.84 bits per heavy atom. The molecule has 1 heterocycles. The highest BCUT2D eigenvalue weighted by Crippen LogP contribution is 2.22. The third kappa shape index (κ3) is 3.01. The first-order chi connectivity index (χ1) is 9.00. The van der Waals surface area contributed by atoms with E-state index in [-0.39, 0.29) is 10.6 Å². The molecular formula is C12H11ClFNO3S. The fourth-order valence-electron chi connectivity index (χ4n) is 1.85. The number of nitrogens with zero attached hydrogens (tertiary/aromatic N) is 1. The quantitative estimate of drug-likeness (QED) is 0.909. The van der Waals surface area contributed by atoms with Crippen molar-refractivity contribution in [3.63, 3.8) is 0 Å². The van der Waals surface area contributed by atoms with Gasteiger partial charge in [0.05, 0.1) is 5.02 Å². The summed E-state index contributed by atoms with van der Waals surface area (Å²) in [5.74, 6) is -1.04. The average molecular weight is 304 g/mol. The van der Waals surface area contributed by atoms with E-state index in [0.717, 1.165) is 6.07 Å². The van der Waals surface area contributed by atoms with Gasteiger partial charge in [0.15, 0.2) is 0 Å². The van der Waals surface area contributed by atoms with Crippen LogP contribution in [0.3, 0.4) is 0 Å². The van der Waals surface area contributed by atoms with Crippen molar-refractivity contribution in [1.82, 2.24) is 4.90 Å². The highest BCUT2D eigenvalue weighted by molar-refractivity contribution is 7.99. The molecule has 1 N–H and O–H groups in total. The molecule has 0 aliphatic carbocycles. The van der Waals surface area contributed by atoms with E-state index in [4.69, 9.17) is 16.7 Å². The van der Waals surface area contributed by atoms with Gasteiger partial charge in [-0.05, 0) is 18.2 Å². The van der Waals surface area contributed by atoms with E-state index in [9.17, 15) is 14.0 Å². The first-order valence-corrected chi connectivity index (χ1v) is 7.10. The maximum atomic E-state index is 13.1. The molecule has 1 unspecified atom stereocenters. The van der Waals surface area contributed by atoms with Gasteiger partial charge in [0.25, 0.3) is 5.91 Å². The Kier molecular flexibility index (Phi) is 4.31. The van der Waals surface area contributed by atoms with Gasteiger partial charge in [-0.15, -0.1) is 0 Å². The largest absolute Gasteiger partial charge is 0.480 e. The minimum absolute atomic E-state index is 0.149. The Bertz CT molecular complexity index is 526. The summed E-state index contributed by atoms with van der Waals surface area (Å²) in [6, 6.07) is 2.78. The van der Waals surface area contributed by atoms with Crippen molar-refractivity contribution in [2.45, 2.75) is 6.04 Å². The molecule has 0 bridgehead atoms. The monoisotopic (exact) mass is 303 g/mol. The van der Waals surface area contributed by atoms with E-state index in [0.29, 0.717) is 18.1 Å². The smallest absolute Gasteiger partial charge is 0.327 e. The van der Waals surface area contributed by atoms with Crippen LogP contribution in [0.4, 0.5) is 4.39 Å². The van der Waals surface area contributed by atoms with Crippen molar-refractivity contribution >= 4 is 35.2 Å². The number of carboxylic acids is 1. The van der Waals surface area contributed by atoms with Gasteiger partial charge in [0, 0.05) is 23.6 Å². The molecule has 1 fully saturated rings. The van der Waals surface area contributed by atoms with Gasteiger partial charge in [-0.2, -0.15) is 11.8 Å². The van der Waals surface area contributed by atoms with Crippen molar-refractivity contribution in [1.29, 1.82) is 0 Å². The van der Waals surface area contributed by atoms with Crippen LogP contribution in [0.25, 0.3) is 0 Å². The number of thioether (sulfide) groups is 1. The summed E-state index contributed by atoms with van der Waals surface area (Å²) in [5, 5.41) is 8.96. The van der Waals surface area contributed by atoms with Crippen LogP contribution in [0.5, 0.6) is 0 Å². The number of hydrogen-bond acceptors (Lipinski definition) is 3. The van der Waals surface area contributed by atoms with Crippen LogP contribution in [-0.2, 0) is 4.79 Å². The molecule has 0 saturated carbocycles. The Hall–Kier alpha value is -1.27. The van der Waals surface area contributed by atoms with Crippen molar-refractivity contribution < 1.29 is 19.1 Å². The molecule has 1 atom stereocenters. The maximum Gasteiger partial charge on any atom is 0.327 e. The number of halogens is 2. The zero-order chi connectivity index (χ0) is 14.0. The maximum absolute atomic E-state index is 13.1. The van der Waals surface area contributed by atoms with Crippen LogP contribution in [0.2, 0.25) is 5.02 Å². The lowest BCUT2D eigenvalue weighted by Gasteiger charge is -2.32. The van der Waals surface area contributed by atoms with Gasteiger partial charge in [-0.1, -0.05) is 11.6 Å². The average Bonchev–Trinajstić information content (AvgIpc) is 2.41. The summed E-state index contributed by atoms with van der Waals surface area (Å²) in [5.41, 5.74) is 0.199. The number of carbonyl (C=O) groups excluding carboxylic acids is 1. The molecule has 0 spiro atoms. The summed E-state index contributed by atoms with van der Waals surface area (Å²) in [6.07, 6.45) is 0. The number of benzene rings is 1. The summed E-state index contributed by atoms with van der Waals surface area (Å²) in [4.78, 5) is 24.7. The predicted octanol–water partition coefficient (Wildman–Crippen LogP) is 2.12. The van der Waals surface area contributed by atoms with Gasteiger partial charge >= 0.3 is 5.97 Å². The Balaban J connectivity index is 2.26. The Labute approximate surface area is 118 Å². The normalized spacial score (nSPS) is 19.3. The first-order valence-electron chi connectivity index (χ1n) is 5.57. The SMILES string of the molecule is O=C(O)C1CSCCN1C(=O)c1ccc(F)c(Cl)c1. The van der Waals surface area contributed by atoms with Crippen LogP contribution in [0, 0.1) is 5.82 Å². The van der Waals surface area contributed by atoms with Gasteiger partial charge in [0.1, 0.15) is 11.9 Å². The second-order valence-electron chi connectivity index (χ2n) is 4.06. The van der Waals surface area contributed by atoms with Gasteiger partial charge in [-0.25, -0.2) is 9.18 Å². The van der Waals surface area contributed by atoms with E-state index in [1.807, 2.05) is 0 Å². The summed E-state index contributed by atoms with van der Waals surface area (Å²) in [6.45, 7) is 0.357. The molecule has 4 nitrogen and oxygen atoms in total. The van der Waals surface area contributed by atoms with Crippen molar-refractivity contribution in [3.05, 3.63) is 34.6 Å². The van der Waals surface area contributed by atoms with Gasteiger partial charge in [-0.3, -0.25) is 4.79 Å². The van der Waals surface area contributed by atoms with E-state index in [2.05, 4.69) is 0 Å². The molecule has 1 aromatic rings. The third-order valence-electron chi connectivity index (χ3n) is 2.84. The minimum atomic E-state index is -1.03. The molecular weight excluding hydrogens is 293 g/mol. The number of aliphatic carboxylic acids is 1. The van der Waals surface area contributed by atoms with Crippen LogP contribution in [0.15, 0.2) is 18.2 Å². The fraction of sp³-hybridized carbons (Fsp3) is 0.333. The Morgan fingerprint density at radius 1 is 1.47 bits per heavy atom. The van der Waals surface area contributed by atoms with Crippen LogP contribution >= 0.6 is 23.4 Å². The number of carboxylic acid groups (broad SMARTS) is 1. The Morgan fingerprint density at radius 2 is 2.21 bits per heavy atom. The molecule has 7 heteroatoms. The number of carbonyl (C=O) groups is 2. The van der Waals surface area contributed by atoms with E-state index in [1.165, 1.54) is 28.8 Å². The van der Waals surface area contributed by atoms with Crippen LogP contribution in [0.1, 0.15) is 10.4 Å². The van der Waals surface area contributed by atoms with Crippen LogP contribution < -0.4 is 0 Å². The molecule has 1 aliphatic heterocycles. The lowest BCUT2D eigenvalue weighted by atomic mass is 10.1. The molecule has 0 radical (unpaired) electrons. The molecule has 102 valence electrons. The second-order valence-corrected chi connectivity index (χ2v) is 5.61. The summed E-state index contributed by atoms with van der Waals surface area (Å²) >= 11 is 7.12. The molecule has 1 aromatic carbocycles. The zero-order valence-electron chi connectivity index (χ0n) is 9.81. The topological polar surface area (TPSA) is 57.6 Å². The standard InChI is InChI=1S/C12H11ClFNO3S/c13-8-5-7(1-2-9(8)14)11(16)15-3-4-19-6-10(15)12(17)18/h1-2,5,10H,3-4,6H2,(H,17,18). The molecule has 2 rings (SSSR count). The minimum Gasteiger partial charge on any atom is -0.480 e.